The Balaban J connectivity index is 2.15. The summed E-state index contributed by atoms with van der Waals surface area (Å²) in [7, 11) is 0. The van der Waals surface area contributed by atoms with Crippen molar-refractivity contribution in [2.45, 2.75) is 27.2 Å². The highest BCUT2D eigenvalue weighted by atomic mass is 14.3. The molecule has 0 amide bonds. The van der Waals surface area contributed by atoms with Crippen LogP contribution in [0.3, 0.4) is 0 Å². The normalized spacial score (nSPS) is 12.6. The Morgan fingerprint density at radius 1 is 0.800 bits per heavy atom. The Morgan fingerprint density at radius 3 is 2.35 bits per heavy atom. The van der Waals surface area contributed by atoms with E-state index in [9.17, 15) is 0 Å². The molecule has 0 bridgehead atoms. The van der Waals surface area contributed by atoms with E-state index in [-0.39, 0.29) is 0 Å². The van der Waals surface area contributed by atoms with Gasteiger partial charge in [-0.1, -0.05) is 42.5 Å². The van der Waals surface area contributed by atoms with Crippen LogP contribution in [0.15, 0.2) is 42.5 Å². The zero-order valence-corrected chi connectivity index (χ0v) is 12.2. The Kier molecular flexibility index (Phi) is 2.32. The molecule has 0 radical (unpaired) electrons. The molecule has 0 aliphatic heterocycles. The van der Waals surface area contributed by atoms with Gasteiger partial charge in [0.1, 0.15) is 0 Å². The Morgan fingerprint density at radius 2 is 1.55 bits per heavy atom. The first-order valence-electron chi connectivity index (χ1n) is 7.27. The van der Waals surface area contributed by atoms with Crippen molar-refractivity contribution in [2.24, 2.45) is 0 Å². The highest BCUT2D eigenvalue weighted by Crippen LogP contribution is 2.44. The summed E-state index contributed by atoms with van der Waals surface area (Å²) >= 11 is 0. The summed E-state index contributed by atoms with van der Waals surface area (Å²) in [5, 5.41) is 2.79. The van der Waals surface area contributed by atoms with Crippen LogP contribution in [0.5, 0.6) is 0 Å². The van der Waals surface area contributed by atoms with Gasteiger partial charge in [-0.25, -0.2) is 0 Å². The average molecular weight is 258 g/mol. The maximum atomic E-state index is 2.38. The first-order chi connectivity index (χ1) is 9.66. The molecule has 0 spiro atoms. The molecule has 20 heavy (non-hydrogen) atoms. The van der Waals surface area contributed by atoms with Crippen LogP contribution in [0.4, 0.5) is 0 Å². The molecule has 4 rings (SSSR count). The maximum Gasteiger partial charge on any atom is -0.00104 e. The van der Waals surface area contributed by atoms with E-state index in [2.05, 4.69) is 63.2 Å². The lowest BCUT2D eigenvalue weighted by Gasteiger charge is -2.10. The zero-order valence-electron chi connectivity index (χ0n) is 12.2. The lowest BCUT2D eigenvalue weighted by Crippen LogP contribution is -1.89. The predicted molar refractivity (Wildman–Crippen MR) is 86.4 cm³/mol. The highest BCUT2D eigenvalue weighted by Gasteiger charge is 2.23. The monoisotopic (exact) mass is 258 g/mol. The van der Waals surface area contributed by atoms with Gasteiger partial charge in [0, 0.05) is 0 Å². The molecular formula is C20H18. The van der Waals surface area contributed by atoms with Gasteiger partial charge in [0.05, 0.1) is 0 Å². The van der Waals surface area contributed by atoms with Gasteiger partial charge in [-0.05, 0) is 76.9 Å². The summed E-state index contributed by atoms with van der Waals surface area (Å²) in [6, 6.07) is 15.8. The van der Waals surface area contributed by atoms with E-state index < -0.39 is 0 Å². The van der Waals surface area contributed by atoms with E-state index in [1.165, 1.54) is 49.7 Å². The fourth-order valence-corrected chi connectivity index (χ4v) is 3.61. The second-order valence-electron chi connectivity index (χ2n) is 5.98. The Bertz CT molecular complexity index is 854. The lowest BCUT2D eigenvalue weighted by atomic mass is 9.94. The maximum absolute atomic E-state index is 2.38. The average Bonchev–Trinajstić information content (AvgIpc) is 2.82. The van der Waals surface area contributed by atoms with E-state index in [4.69, 9.17) is 0 Å². The van der Waals surface area contributed by atoms with Crippen molar-refractivity contribution in [1.29, 1.82) is 0 Å². The number of benzene rings is 3. The quantitative estimate of drug-likeness (QED) is 0.399. The zero-order chi connectivity index (χ0) is 13.9. The van der Waals surface area contributed by atoms with E-state index in [1.54, 1.807) is 0 Å². The summed E-state index contributed by atoms with van der Waals surface area (Å²) < 4.78 is 0. The van der Waals surface area contributed by atoms with Crippen LogP contribution in [-0.4, -0.2) is 0 Å². The van der Waals surface area contributed by atoms with E-state index in [0.717, 1.165) is 6.42 Å². The number of rotatable bonds is 0. The SMILES string of the molecule is Cc1ccc2c(c1C)Cc1cc(C)c3ccccc3c1-2. The molecule has 98 valence electrons. The molecule has 1 aliphatic rings. The van der Waals surface area contributed by atoms with Crippen molar-refractivity contribution in [3.63, 3.8) is 0 Å². The van der Waals surface area contributed by atoms with Crippen molar-refractivity contribution < 1.29 is 0 Å². The third-order valence-corrected chi connectivity index (χ3v) is 4.84. The minimum Gasteiger partial charge on any atom is -0.0616 e. The van der Waals surface area contributed by atoms with Crippen molar-refractivity contribution in [2.75, 3.05) is 0 Å². The fourth-order valence-electron chi connectivity index (χ4n) is 3.61. The van der Waals surface area contributed by atoms with E-state index in [1.807, 2.05) is 0 Å². The van der Waals surface area contributed by atoms with Crippen LogP contribution in [0.1, 0.15) is 27.8 Å². The molecule has 0 aromatic heterocycles. The minimum atomic E-state index is 1.09. The highest BCUT2D eigenvalue weighted by molar-refractivity contribution is 6.02. The molecule has 0 saturated carbocycles. The topological polar surface area (TPSA) is 0 Å². The molecule has 0 fully saturated rings. The Hall–Kier alpha value is -2.08. The molecule has 3 aromatic rings. The van der Waals surface area contributed by atoms with Crippen molar-refractivity contribution in [1.82, 2.24) is 0 Å². The van der Waals surface area contributed by atoms with Crippen molar-refractivity contribution >= 4 is 10.8 Å². The second-order valence-corrected chi connectivity index (χ2v) is 5.98. The third kappa shape index (κ3) is 1.42. The van der Waals surface area contributed by atoms with Gasteiger partial charge < -0.3 is 0 Å². The van der Waals surface area contributed by atoms with Crippen LogP contribution in [-0.2, 0) is 6.42 Å². The van der Waals surface area contributed by atoms with E-state index >= 15 is 0 Å². The molecule has 0 atom stereocenters. The summed E-state index contributed by atoms with van der Waals surface area (Å²) in [5.41, 5.74) is 10.2. The summed E-state index contributed by atoms with van der Waals surface area (Å²) in [6.07, 6.45) is 1.09. The van der Waals surface area contributed by atoms with E-state index in [0.29, 0.717) is 0 Å². The largest absolute Gasteiger partial charge is 0.0616 e. The van der Waals surface area contributed by atoms with Gasteiger partial charge >= 0.3 is 0 Å². The van der Waals surface area contributed by atoms with Gasteiger partial charge in [-0.15, -0.1) is 0 Å². The number of fused-ring (bicyclic) bond motifs is 5. The molecule has 0 heterocycles. The molecule has 0 unspecified atom stereocenters. The molecule has 1 aliphatic carbocycles. The first-order valence-corrected chi connectivity index (χ1v) is 7.27. The van der Waals surface area contributed by atoms with Crippen LogP contribution in [0, 0.1) is 20.8 Å². The first kappa shape index (κ1) is 11.7. The fraction of sp³-hybridized carbons (Fsp3) is 0.200. The molecule has 0 nitrogen and oxygen atoms in total. The minimum absolute atomic E-state index is 1.09. The molecule has 0 heteroatoms. The summed E-state index contributed by atoms with van der Waals surface area (Å²) in [5.74, 6) is 0. The van der Waals surface area contributed by atoms with Crippen LogP contribution < -0.4 is 0 Å². The summed E-state index contributed by atoms with van der Waals surface area (Å²) in [4.78, 5) is 0. The van der Waals surface area contributed by atoms with Gasteiger partial charge in [-0.3, -0.25) is 0 Å². The molecule has 0 N–H and O–H groups in total. The van der Waals surface area contributed by atoms with Gasteiger partial charge in [-0.2, -0.15) is 0 Å². The Labute approximate surface area is 120 Å². The van der Waals surface area contributed by atoms with Crippen LogP contribution in [0.2, 0.25) is 0 Å². The van der Waals surface area contributed by atoms with Gasteiger partial charge in [0.15, 0.2) is 0 Å². The summed E-state index contributed by atoms with van der Waals surface area (Å²) in [6.45, 7) is 6.70. The number of aryl methyl sites for hydroxylation is 2. The van der Waals surface area contributed by atoms with Crippen molar-refractivity contribution in [3.05, 3.63) is 70.3 Å². The van der Waals surface area contributed by atoms with Crippen molar-refractivity contribution in [3.8, 4) is 11.1 Å². The standard InChI is InChI=1S/C20H18/c1-12-8-9-18-19(14(12)3)11-15-10-13(2)16-6-4-5-7-17(16)20(15)18/h4-10H,11H2,1-3H3. The third-order valence-electron chi connectivity index (χ3n) is 4.84. The number of hydrogen-bond donors (Lipinski definition) is 0. The predicted octanol–water partition coefficient (Wildman–Crippen LogP) is 5.34. The molecular weight excluding hydrogens is 240 g/mol. The van der Waals surface area contributed by atoms with Crippen LogP contribution >= 0.6 is 0 Å². The van der Waals surface area contributed by atoms with Gasteiger partial charge in [0.25, 0.3) is 0 Å². The smallest absolute Gasteiger partial charge is 0.00104 e. The number of hydrogen-bond acceptors (Lipinski definition) is 0. The van der Waals surface area contributed by atoms with Gasteiger partial charge in [0.2, 0.25) is 0 Å². The molecule has 3 aromatic carbocycles. The lowest BCUT2D eigenvalue weighted by molar-refractivity contribution is 1.19. The molecule has 0 saturated heterocycles. The second kappa shape index (κ2) is 3.96. The van der Waals surface area contributed by atoms with Crippen LogP contribution in [0.25, 0.3) is 21.9 Å².